The van der Waals surface area contributed by atoms with Gasteiger partial charge in [0.2, 0.25) is 15.9 Å². The lowest BCUT2D eigenvalue weighted by atomic mass is 10.1. The van der Waals surface area contributed by atoms with Crippen LogP contribution in [0.1, 0.15) is 18.1 Å². The van der Waals surface area contributed by atoms with Crippen molar-refractivity contribution in [3.8, 4) is 5.75 Å². The number of sulfonamides is 1. The number of carbonyl (C=O) groups is 1. The molecule has 2 aromatic rings. The number of hydrogen-bond donors (Lipinski definition) is 1. The molecule has 0 aliphatic heterocycles. The topological polar surface area (TPSA) is 75.7 Å². The van der Waals surface area contributed by atoms with Gasteiger partial charge in [0.1, 0.15) is 5.75 Å². The first-order chi connectivity index (χ1) is 12.3. The Morgan fingerprint density at radius 3 is 2.42 bits per heavy atom. The Morgan fingerprint density at radius 2 is 1.77 bits per heavy atom. The Bertz CT molecular complexity index is 865. The highest BCUT2D eigenvalue weighted by atomic mass is 32.2. The van der Waals surface area contributed by atoms with E-state index >= 15 is 0 Å². The monoisotopic (exact) mass is 376 g/mol. The average Bonchev–Trinajstić information content (AvgIpc) is 2.57. The average molecular weight is 376 g/mol. The van der Waals surface area contributed by atoms with E-state index in [9.17, 15) is 13.2 Å². The van der Waals surface area contributed by atoms with Gasteiger partial charge in [0.05, 0.1) is 25.1 Å². The number of carbonyl (C=O) groups excluding carboxylic acids is 1. The molecule has 0 heterocycles. The third kappa shape index (κ3) is 5.57. The van der Waals surface area contributed by atoms with Gasteiger partial charge in [0, 0.05) is 6.54 Å². The van der Waals surface area contributed by atoms with E-state index in [1.54, 1.807) is 18.2 Å². The van der Waals surface area contributed by atoms with Gasteiger partial charge in [0.15, 0.2) is 0 Å². The summed E-state index contributed by atoms with van der Waals surface area (Å²) in [4.78, 5) is 12.4. The fraction of sp³-hybridized carbons (Fsp3) is 0.316. The van der Waals surface area contributed by atoms with Crippen LogP contribution in [0.3, 0.4) is 0 Å². The third-order valence-electron chi connectivity index (χ3n) is 3.86. The Balaban J connectivity index is 2.14. The number of amides is 1. The highest BCUT2D eigenvalue weighted by Gasteiger charge is 2.21. The zero-order valence-electron chi connectivity index (χ0n) is 15.2. The van der Waals surface area contributed by atoms with E-state index < -0.39 is 15.9 Å². The van der Waals surface area contributed by atoms with Crippen molar-refractivity contribution in [3.05, 3.63) is 59.7 Å². The second-order valence-corrected chi connectivity index (χ2v) is 7.92. The van der Waals surface area contributed by atoms with Crippen LogP contribution in [0.25, 0.3) is 0 Å². The van der Waals surface area contributed by atoms with E-state index in [1.165, 1.54) is 0 Å². The molecule has 140 valence electrons. The first-order valence-corrected chi connectivity index (χ1v) is 10.2. The first kappa shape index (κ1) is 19.9. The van der Waals surface area contributed by atoms with Crippen LogP contribution in [0.2, 0.25) is 0 Å². The van der Waals surface area contributed by atoms with Crippen molar-refractivity contribution in [2.45, 2.75) is 20.4 Å². The van der Waals surface area contributed by atoms with Crippen molar-refractivity contribution in [1.82, 2.24) is 4.31 Å². The van der Waals surface area contributed by atoms with Crippen molar-refractivity contribution in [1.29, 1.82) is 0 Å². The van der Waals surface area contributed by atoms with Crippen LogP contribution < -0.4 is 10.1 Å². The molecule has 0 unspecified atom stereocenters. The minimum Gasteiger partial charge on any atom is -0.492 e. The smallest absolute Gasteiger partial charge is 0.239 e. The van der Waals surface area contributed by atoms with Gasteiger partial charge in [-0.25, -0.2) is 8.42 Å². The summed E-state index contributed by atoms with van der Waals surface area (Å²) in [5.41, 5.74) is 2.35. The van der Waals surface area contributed by atoms with E-state index in [4.69, 9.17) is 4.74 Å². The number of benzene rings is 2. The van der Waals surface area contributed by atoms with Gasteiger partial charge < -0.3 is 10.1 Å². The van der Waals surface area contributed by atoms with E-state index in [-0.39, 0.29) is 13.1 Å². The number of ether oxygens (including phenoxy) is 1. The maximum absolute atomic E-state index is 12.4. The largest absolute Gasteiger partial charge is 0.492 e. The number of aryl methyl sites for hydroxylation is 1. The first-order valence-electron chi connectivity index (χ1n) is 8.32. The van der Waals surface area contributed by atoms with Crippen molar-refractivity contribution < 1.29 is 17.9 Å². The Labute approximate surface area is 154 Å². The molecule has 2 aromatic carbocycles. The van der Waals surface area contributed by atoms with Crippen molar-refractivity contribution in [3.63, 3.8) is 0 Å². The normalized spacial score (nSPS) is 11.4. The SMILES string of the molecule is CCOc1ccccc1NC(=O)CN(Cc1ccccc1C)S(C)(=O)=O. The van der Waals surface area contributed by atoms with Gasteiger partial charge in [-0.3, -0.25) is 4.79 Å². The lowest BCUT2D eigenvalue weighted by Gasteiger charge is -2.21. The van der Waals surface area contributed by atoms with Crippen molar-refractivity contribution >= 4 is 21.6 Å². The summed E-state index contributed by atoms with van der Waals surface area (Å²) in [7, 11) is -3.55. The summed E-state index contributed by atoms with van der Waals surface area (Å²) in [5.74, 6) is 0.129. The predicted octanol–water partition coefficient (Wildman–Crippen LogP) is 2.79. The zero-order valence-corrected chi connectivity index (χ0v) is 16.0. The van der Waals surface area contributed by atoms with E-state index in [0.717, 1.165) is 21.7 Å². The molecule has 7 heteroatoms. The summed E-state index contributed by atoms with van der Waals surface area (Å²) in [5, 5.41) is 2.73. The van der Waals surface area contributed by atoms with Crippen molar-refractivity contribution in [2.24, 2.45) is 0 Å². The van der Waals surface area contributed by atoms with Gasteiger partial charge in [-0.2, -0.15) is 4.31 Å². The van der Waals surface area contributed by atoms with Gasteiger partial charge in [-0.15, -0.1) is 0 Å². The summed E-state index contributed by atoms with van der Waals surface area (Å²) < 4.78 is 30.9. The molecule has 1 amide bonds. The lowest BCUT2D eigenvalue weighted by Crippen LogP contribution is -2.37. The van der Waals surface area contributed by atoms with E-state index in [1.807, 2.05) is 44.2 Å². The van der Waals surface area contributed by atoms with Crippen LogP contribution >= 0.6 is 0 Å². The quantitative estimate of drug-likeness (QED) is 0.769. The van der Waals surface area contributed by atoms with E-state index in [0.29, 0.717) is 18.0 Å². The molecule has 0 fully saturated rings. The van der Waals surface area contributed by atoms with Gasteiger partial charge in [0.25, 0.3) is 0 Å². The number of rotatable bonds is 8. The van der Waals surface area contributed by atoms with E-state index in [2.05, 4.69) is 5.32 Å². The number of nitrogens with zero attached hydrogens (tertiary/aromatic N) is 1. The fourth-order valence-corrected chi connectivity index (χ4v) is 3.19. The molecule has 6 nitrogen and oxygen atoms in total. The molecule has 1 N–H and O–H groups in total. The summed E-state index contributed by atoms with van der Waals surface area (Å²) in [6.45, 7) is 4.11. The summed E-state index contributed by atoms with van der Waals surface area (Å²) in [6.07, 6.45) is 1.10. The Kier molecular flexibility index (Phi) is 6.76. The third-order valence-corrected chi connectivity index (χ3v) is 5.05. The van der Waals surface area contributed by atoms with Crippen LogP contribution in [0.4, 0.5) is 5.69 Å². The molecule has 0 aliphatic carbocycles. The second kappa shape index (κ2) is 8.82. The predicted molar refractivity (Wildman–Crippen MR) is 103 cm³/mol. The molecule has 26 heavy (non-hydrogen) atoms. The highest BCUT2D eigenvalue weighted by Crippen LogP contribution is 2.23. The molecule has 2 rings (SSSR count). The Hall–Kier alpha value is -2.38. The molecule has 0 bridgehead atoms. The van der Waals surface area contributed by atoms with Crippen LogP contribution in [-0.2, 0) is 21.4 Å². The minimum atomic E-state index is -3.55. The number of nitrogens with one attached hydrogen (secondary N) is 1. The number of hydrogen-bond acceptors (Lipinski definition) is 4. The molecule has 0 aliphatic rings. The maximum Gasteiger partial charge on any atom is 0.239 e. The zero-order chi connectivity index (χ0) is 19.2. The molecular formula is C19H24N2O4S. The minimum absolute atomic E-state index is 0.145. The maximum atomic E-state index is 12.4. The van der Waals surface area contributed by atoms with Crippen LogP contribution in [0, 0.1) is 6.92 Å². The molecule has 0 radical (unpaired) electrons. The second-order valence-electron chi connectivity index (χ2n) is 5.93. The fourth-order valence-electron chi connectivity index (χ4n) is 2.47. The van der Waals surface area contributed by atoms with Crippen molar-refractivity contribution in [2.75, 3.05) is 24.7 Å². The molecule has 0 spiro atoms. The highest BCUT2D eigenvalue weighted by molar-refractivity contribution is 7.88. The van der Waals surface area contributed by atoms with Gasteiger partial charge in [-0.05, 0) is 37.1 Å². The summed E-state index contributed by atoms with van der Waals surface area (Å²) >= 11 is 0. The van der Waals surface area contributed by atoms with Gasteiger partial charge in [-0.1, -0.05) is 36.4 Å². The molecule has 0 saturated carbocycles. The van der Waals surface area contributed by atoms with Crippen LogP contribution in [-0.4, -0.2) is 38.0 Å². The van der Waals surface area contributed by atoms with Crippen LogP contribution in [0.5, 0.6) is 5.75 Å². The summed E-state index contributed by atoms with van der Waals surface area (Å²) in [6, 6.07) is 14.6. The molecular weight excluding hydrogens is 352 g/mol. The standard InChI is InChI=1S/C19H24N2O4S/c1-4-25-18-12-8-7-11-17(18)20-19(22)14-21(26(3,23)24)13-16-10-6-5-9-15(16)2/h5-12H,4,13-14H2,1-3H3,(H,20,22). The molecule has 0 atom stereocenters. The lowest BCUT2D eigenvalue weighted by molar-refractivity contribution is -0.116. The van der Waals surface area contributed by atoms with Gasteiger partial charge >= 0.3 is 0 Å². The number of anilines is 1. The molecule has 0 aromatic heterocycles. The Morgan fingerprint density at radius 1 is 1.12 bits per heavy atom. The molecule has 0 saturated heterocycles. The number of para-hydroxylation sites is 2. The van der Waals surface area contributed by atoms with Crippen LogP contribution in [0.15, 0.2) is 48.5 Å².